The summed E-state index contributed by atoms with van der Waals surface area (Å²) in [7, 11) is 0. The van der Waals surface area contributed by atoms with Gasteiger partial charge >= 0.3 is 0 Å². The minimum absolute atomic E-state index is 0.0281. The molecule has 0 aliphatic heterocycles. The second kappa shape index (κ2) is 9.98. The molecule has 1 N–H and O–H groups in total. The van der Waals surface area contributed by atoms with Crippen LogP contribution in [0.4, 0.5) is 5.69 Å². The predicted octanol–water partition coefficient (Wildman–Crippen LogP) is 5.74. The zero-order valence-corrected chi connectivity index (χ0v) is 17.4. The summed E-state index contributed by atoms with van der Waals surface area (Å²) in [4.78, 5) is 17.9. The Kier molecular flexibility index (Phi) is 6.67. The number of aromatic nitrogens is 2. The fraction of sp³-hybridized carbons (Fsp3) is 0.208. The number of amides is 1. The van der Waals surface area contributed by atoms with Crippen LogP contribution in [0, 0.1) is 0 Å². The SMILES string of the molecule is O=C(CCCCc1ccccc1)Nc1ccccc1Cc1nc(-c2cccs2)no1. The monoisotopic (exact) mass is 417 g/mol. The summed E-state index contributed by atoms with van der Waals surface area (Å²) >= 11 is 1.57. The van der Waals surface area contributed by atoms with Gasteiger partial charge in [0.05, 0.1) is 11.3 Å². The number of aryl methyl sites for hydroxylation is 1. The molecule has 5 nitrogen and oxygen atoms in total. The molecule has 4 aromatic rings. The van der Waals surface area contributed by atoms with Crippen LogP contribution >= 0.6 is 11.3 Å². The Morgan fingerprint density at radius 3 is 2.63 bits per heavy atom. The Morgan fingerprint density at radius 1 is 0.967 bits per heavy atom. The molecule has 1 amide bonds. The Hall–Kier alpha value is -3.25. The van der Waals surface area contributed by atoms with Gasteiger partial charge in [0.25, 0.3) is 0 Å². The molecule has 0 aliphatic carbocycles. The Bertz CT molecular complexity index is 1070. The molecule has 0 unspecified atom stereocenters. The van der Waals surface area contributed by atoms with Crippen LogP contribution in [0.5, 0.6) is 0 Å². The maximum absolute atomic E-state index is 12.4. The zero-order valence-electron chi connectivity index (χ0n) is 16.6. The molecule has 4 rings (SSSR count). The van der Waals surface area contributed by atoms with E-state index in [9.17, 15) is 4.79 Å². The summed E-state index contributed by atoms with van der Waals surface area (Å²) in [5.74, 6) is 1.16. The van der Waals surface area contributed by atoms with E-state index in [-0.39, 0.29) is 5.91 Å². The number of carbonyl (C=O) groups excluding carboxylic acids is 1. The first-order valence-corrected chi connectivity index (χ1v) is 10.9. The van der Waals surface area contributed by atoms with Gasteiger partial charge in [-0.2, -0.15) is 4.98 Å². The van der Waals surface area contributed by atoms with E-state index in [1.54, 1.807) is 11.3 Å². The van der Waals surface area contributed by atoms with Crippen molar-refractivity contribution in [3.8, 4) is 10.7 Å². The average Bonchev–Trinajstić information content (AvgIpc) is 3.45. The largest absolute Gasteiger partial charge is 0.339 e. The van der Waals surface area contributed by atoms with Crippen LogP contribution < -0.4 is 5.32 Å². The Balaban J connectivity index is 1.31. The maximum Gasteiger partial charge on any atom is 0.231 e. The van der Waals surface area contributed by atoms with E-state index < -0.39 is 0 Å². The molecule has 152 valence electrons. The van der Waals surface area contributed by atoms with Crippen LogP contribution in [0.15, 0.2) is 76.6 Å². The normalized spacial score (nSPS) is 10.8. The summed E-state index contributed by atoms with van der Waals surface area (Å²) in [5.41, 5.74) is 3.06. The van der Waals surface area contributed by atoms with Gasteiger partial charge in [-0.1, -0.05) is 59.8 Å². The van der Waals surface area contributed by atoms with Crippen LogP contribution in [0.3, 0.4) is 0 Å². The lowest BCUT2D eigenvalue weighted by molar-refractivity contribution is -0.116. The summed E-state index contributed by atoms with van der Waals surface area (Å²) in [6.45, 7) is 0. The molecule has 0 aliphatic rings. The number of rotatable bonds is 9. The summed E-state index contributed by atoms with van der Waals surface area (Å²) < 4.78 is 5.41. The van der Waals surface area contributed by atoms with E-state index in [1.807, 2.05) is 60.0 Å². The van der Waals surface area contributed by atoms with Crippen LogP contribution in [-0.2, 0) is 17.6 Å². The first-order chi connectivity index (χ1) is 14.8. The fourth-order valence-corrected chi connectivity index (χ4v) is 3.91. The Morgan fingerprint density at radius 2 is 1.80 bits per heavy atom. The molecule has 30 heavy (non-hydrogen) atoms. The van der Waals surface area contributed by atoms with Crippen molar-refractivity contribution in [3.05, 3.63) is 89.1 Å². The molecular weight excluding hydrogens is 394 g/mol. The number of thiophene rings is 1. The minimum atomic E-state index is 0.0281. The smallest absolute Gasteiger partial charge is 0.231 e. The third-order valence-corrected chi connectivity index (χ3v) is 5.67. The number of carbonyl (C=O) groups is 1. The molecule has 2 aromatic carbocycles. The maximum atomic E-state index is 12.4. The third-order valence-electron chi connectivity index (χ3n) is 4.80. The van der Waals surface area contributed by atoms with Crippen molar-refractivity contribution < 1.29 is 9.32 Å². The van der Waals surface area contributed by atoms with Gasteiger partial charge in [0.1, 0.15) is 0 Å². The molecule has 0 radical (unpaired) electrons. The van der Waals surface area contributed by atoms with Crippen LogP contribution in [0.2, 0.25) is 0 Å². The topological polar surface area (TPSA) is 68.0 Å². The lowest BCUT2D eigenvalue weighted by atomic mass is 10.1. The second-order valence-corrected chi connectivity index (χ2v) is 8.01. The van der Waals surface area contributed by atoms with E-state index in [1.165, 1.54) is 5.56 Å². The van der Waals surface area contributed by atoms with Gasteiger partial charge in [0, 0.05) is 12.1 Å². The highest BCUT2D eigenvalue weighted by Crippen LogP contribution is 2.24. The lowest BCUT2D eigenvalue weighted by Gasteiger charge is -2.10. The first-order valence-electron chi connectivity index (χ1n) is 10.1. The van der Waals surface area contributed by atoms with E-state index in [2.05, 4.69) is 27.6 Å². The highest BCUT2D eigenvalue weighted by Gasteiger charge is 2.13. The zero-order chi connectivity index (χ0) is 20.6. The van der Waals surface area contributed by atoms with E-state index >= 15 is 0 Å². The van der Waals surface area contributed by atoms with Gasteiger partial charge in [0.15, 0.2) is 0 Å². The van der Waals surface area contributed by atoms with Crippen LogP contribution in [0.1, 0.15) is 36.3 Å². The number of anilines is 1. The molecule has 0 spiro atoms. The minimum Gasteiger partial charge on any atom is -0.339 e. The molecule has 0 atom stereocenters. The van der Waals surface area contributed by atoms with Gasteiger partial charge in [-0.05, 0) is 47.9 Å². The first kappa shape index (κ1) is 20.0. The molecule has 6 heteroatoms. The second-order valence-electron chi connectivity index (χ2n) is 7.06. The summed E-state index contributed by atoms with van der Waals surface area (Å²) in [6, 6.07) is 22.0. The molecule has 0 saturated heterocycles. The quantitative estimate of drug-likeness (QED) is 0.353. The highest BCUT2D eigenvalue weighted by atomic mass is 32.1. The fourth-order valence-electron chi connectivity index (χ4n) is 3.26. The molecule has 2 aromatic heterocycles. The van der Waals surface area contributed by atoms with Crippen LogP contribution in [0.25, 0.3) is 10.7 Å². The lowest BCUT2D eigenvalue weighted by Crippen LogP contribution is -2.13. The summed E-state index contributed by atoms with van der Waals surface area (Å²) in [5, 5.41) is 9.08. The van der Waals surface area contributed by atoms with Crippen molar-refractivity contribution in [2.45, 2.75) is 32.1 Å². The van der Waals surface area contributed by atoms with Gasteiger partial charge in [-0.25, -0.2) is 0 Å². The molecule has 0 saturated carbocycles. The molecular formula is C24H23N3O2S. The highest BCUT2D eigenvalue weighted by molar-refractivity contribution is 7.13. The molecule has 0 fully saturated rings. The third kappa shape index (κ3) is 5.42. The van der Waals surface area contributed by atoms with Crippen molar-refractivity contribution in [1.29, 1.82) is 0 Å². The predicted molar refractivity (Wildman–Crippen MR) is 119 cm³/mol. The van der Waals surface area contributed by atoms with Crippen molar-refractivity contribution in [2.75, 3.05) is 5.32 Å². The van der Waals surface area contributed by atoms with E-state index in [0.717, 1.165) is 35.4 Å². The standard InChI is InChI=1S/C24H23N3O2S/c28-22(15-7-4-11-18-9-2-1-3-10-18)25-20-13-6-5-12-19(20)17-23-26-24(27-29-23)21-14-8-16-30-21/h1-3,5-6,8-10,12-14,16H,4,7,11,15,17H2,(H,25,28). The number of nitrogens with one attached hydrogen (secondary N) is 1. The van der Waals surface area contributed by atoms with Gasteiger partial charge in [-0.15, -0.1) is 11.3 Å². The number of nitrogens with zero attached hydrogens (tertiary/aromatic N) is 2. The van der Waals surface area contributed by atoms with Gasteiger partial charge in [0.2, 0.25) is 17.6 Å². The number of para-hydroxylation sites is 1. The van der Waals surface area contributed by atoms with Gasteiger partial charge in [-0.3, -0.25) is 4.79 Å². The number of benzene rings is 2. The average molecular weight is 418 g/mol. The Labute approximate surface area is 179 Å². The van der Waals surface area contributed by atoms with E-state index in [0.29, 0.717) is 24.6 Å². The molecule has 0 bridgehead atoms. The number of hydrogen-bond donors (Lipinski definition) is 1. The van der Waals surface area contributed by atoms with Crippen molar-refractivity contribution in [2.24, 2.45) is 0 Å². The molecule has 2 heterocycles. The van der Waals surface area contributed by atoms with Crippen molar-refractivity contribution in [1.82, 2.24) is 10.1 Å². The number of hydrogen-bond acceptors (Lipinski definition) is 5. The number of unbranched alkanes of at least 4 members (excludes halogenated alkanes) is 1. The van der Waals surface area contributed by atoms with Crippen molar-refractivity contribution in [3.63, 3.8) is 0 Å². The van der Waals surface area contributed by atoms with Gasteiger partial charge < -0.3 is 9.84 Å². The summed E-state index contributed by atoms with van der Waals surface area (Å²) in [6.07, 6.45) is 3.82. The van der Waals surface area contributed by atoms with E-state index in [4.69, 9.17) is 4.52 Å². The van der Waals surface area contributed by atoms with Crippen LogP contribution in [-0.4, -0.2) is 16.0 Å². The van der Waals surface area contributed by atoms with Crippen molar-refractivity contribution >= 4 is 22.9 Å².